The molecule has 1 aromatic carbocycles. The fraction of sp³-hybridized carbons (Fsp3) is 0.125. The molecule has 0 aliphatic heterocycles. The van der Waals surface area contributed by atoms with Gasteiger partial charge < -0.3 is 10.4 Å². The summed E-state index contributed by atoms with van der Waals surface area (Å²) >= 11 is 0. The number of hydrogen-bond donors (Lipinski definition) is 2. The van der Waals surface area contributed by atoms with Crippen molar-refractivity contribution in [3.8, 4) is 11.1 Å². The molecule has 35 heavy (non-hydrogen) atoms. The van der Waals surface area contributed by atoms with E-state index in [9.17, 15) is 13.2 Å². The van der Waals surface area contributed by atoms with Gasteiger partial charge in [-0.25, -0.2) is 13.4 Å². The van der Waals surface area contributed by atoms with Crippen molar-refractivity contribution in [2.75, 3.05) is 11.9 Å². The Morgan fingerprint density at radius 2 is 1.71 bits per heavy atom. The zero-order valence-electron chi connectivity index (χ0n) is 18.5. The molecule has 0 bridgehead atoms. The van der Waals surface area contributed by atoms with E-state index in [1.807, 2.05) is 30.3 Å². The van der Waals surface area contributed by atoms with E-state index in [0.29, 0.717) is 11.5 Å². The number of hydrogen-bond acceptors (Lipinski definition) is 8. The second-order valence-corrected chi connectivity index (χ2v) is 9.49. The number of sulfonamides is 1. The number of aromatic nitrogens is 4. The number of benzene rings is 1. The SMILES string of the molecule is O=C(O)CNc1cccc(CN(Cc2ccc(-c3ccnnc3)cc2)S(=O)(=O)c2cccnc2)n1. The van der Waals surface area contributed by atoms with Crippen LogP contribution in [0.5, 0.6) is 0 Å². The summed E-state index contributed by atoms with van der Waals surface area (Å²) in [6.07, 6.45) is 6.08. The van der Waals surface area contributed by atoms with Gasteiger partial charge in [0, 0.05) is 24.5 Å². The Labute approximate surface area is 202 Å². The first-order valence-corrected chi connectivity index (χ1v) is 12.0. The average Bonchev–Trinajstić information content (AvgIpc) is 2.89. The van der Waals surface area contributed by atoms with Gasteiger partial charge in [-0.1, -0.05) is 30.3 Å². The van der Waals surface area contributed by atoms with Crippen LogP contribution in [0.2, 0.25) is 0 Å². The summed E-state index contributed by atoms with van der Waals surface area (Å²) in [6.45, 7) is -0.218. The normalized spacial score (nSPS) is 11.3. The van der Waals surface area contributed by atoms with E-state index in [4.69, 9.17) is 5.11 Å². The smallest absolute Gasteiger partial charge is 0.322 e. The first kappa shape index (κ1) is 23.9. The lowest BCUT2D eigenvalue weighted by atomic mass is 10.1. The molecule has 11 heteroatoms. The van der Waals surface area contributed by atoms with E-state index < -0.39 is 16.0 Å². The fourth-order valence-electron chi connectivity index (χ4n) is 3.36. The molecule has 3 heterocycles. The first-order chi connectivity index (χ1) is 16.9. The molecule has 0 unspecified atom stereocenters. The second-order valence-electron chi connectivity index (χ2n) is 7.55. The molecular weight excluding hydrogens is 468 g/mol. The summed E-state index contributed by atoms with van der Waals surface area (Å²) < 4.78 is 28.3. The van der Waals surface area contributed by atoms with Gasteiger partial charge >= 0.3 is 5.97 Å². The highest BCUT2D eigenvalue weighted by Crippen LogP contribution is 2.23. The summed E-state index contributed by atoms with van der Waals surface area (Å²) in [4.78, 5) is 19.2. The number of pyridine rings is 2. The van der Waals surface area contributed by atoms with Crippen molar-refractivity contribution in [2.24, 2.45) is 0 Å². The van der Waals surface area contributed by atoms with Crippen LogP contribution in [0.15, 0.2) is 90.3 Å². The third kappa shape index (κ3) is 6.22. The number of nitrogens with one attached hydrogen (secondary N) is 1. The Hall–Kier alpha value is -4.22. The van der Waals surface area contributed by atoms with E-state index >= 15 is 0 Å². The largest absolute Gasteiger partial charge is 0.480 e. The summed E-state index contributed by atoms with van der Waals surface area (Å²) in [5, 5.41) is 19.3. The van der Waals surface area contributed by atoms with E-state index in [1.54, 1.807) is 36.7 Å². The molecule has 0 saturated heterocycles. The van der Waals surface area contributed by atoms with Gasteiger partial charge in [-0.3, -0.25) is 9.78 Å². The minimum atomic E-state index is -3.90. The summed E-state index contributed by atoms with van der Waals surface area (Å²) in [5.41, 5.74) is 3.08. The molecule has 10 nitrogen and oxygen atoms in total. The zero-order chi connectivity index (χ0) is 24.7. The molecule has 0 radical (unpaired) electrons. The van der Waals surface area contributed by atoms with Gasteiger partial charge in [0.05, 0.1) is 24.6 Å². The maximum atomic E-state index is 13.5. The van der Waals surface area contributed by atoms with Gasteiger partial charge in [-0.2, -0.15) is 14.5 Å². The lowest BCUT2D eigenvalue weighted by Crippen LogP contribution is -2.30. The molecule has 178 valence electrons. The number of carbonyl (C=O) groups is 1. The predicted molar refractivity (Wildman–Crippen MR) is 129 cm³/mol. The summed E-state index contributed by atoms with van der Waals surface area (Å²) in [6, 6.07) is 17.4. The van der Waals surface area contributed by atoms with E-state index in [0.717, 1.165) is 16.7 Å². The summed E-state index contributed by atoms with van der Waals surface area (Å²) in [5.74, 6) is -0.678. The van der Waals surface area contributed by atoms with Crippen molar-refractivity contribution in [1.29, 1.82) is 0 Å². The van der Waals surface area contributed by atoms with Crippen molar-refractivity contribution in [3.05, 3.63) is 96.7 Å². The number of aliphatic carboxylic acids is 1. The Kier molecular flexibility index (Phi) is 7.38. The molecule has 0 saturated carbocycles. The number of carboxylic acid groups (broad SMARTS) is 1. The van der Waals surface area contributed by atoms with Crippen LogP contribution >= 0.6 is 0 Å². The average molecular weight is 491 g/mol. The maximum Gasteiger partial charge on any atom is 0.322 e. The van der Waals surface area contributed by atoms with E-state index in [1.165, 1.54) is 22.8 Å². The van der Waals surface area contributed by atoms with Crippen LogP contribution in [0.25, 0.3) is 11.1 Å². The minimum absolute atomic E-state index is 0.0180. The minimum Gasteiger partial charge on any atom is -0.480 e. The first-order valence-electron chi connectivity index (χ1n) is 10.6. The van der Waals surface area contributed by atoms with Crippen molar-refractivity contribution in [2.45, 2.75) is 18.0 Å². The fourth-order valence-corrected chi connectivity index (χ4v) is 4.72. The molecular formula is C24H22N6O4S. The van der Waals surface area contributed by atoms with Gasteiger partial charge in [-0.05, 0) is 41.5 Å². The van der Waals surface area contributed by atoms with Crippen molar-refractivity contribution in [1.82, 2.24) is 24.5 Å². The number of nitrogens with zero attached hydrogens (tertiary/aromatic N) is 5. The van der Waals surface area contributed by atoms with Crippen LogP contribution in [0, 0.1) is 0 Å². The van der Waals surface area contributed by atoms with Gasteiger partial charge in [0.25, 0.3) is 0 Å². The zero-order valence-corrected chi connectivity index (χ0v) is 19.3. The Bertz CT molecular complexity index is 1380. The molecule has 3 aromatic heterocycles. The lowest BCUT2D eigenvalue weighted by molar-refractivity contribution is -0.134. The third-order valence-electron chi connectivity index (χ3n) is 5.07. The van der Waals surface area contributed by atoms with E-state index in [-0.39, 0.29) is 24.5 Å². The highest BCUT2D eigenvalue weighted by molar-refractivity contribution is 7.89. The molecule has 0 aliphatic carbocycles. The van der Waals surface area contributed by atoms with Crippen LogP contribution in [0.1, 0.15) is 11.3 Å². The van der Waals surface area contributed by atoms with Crippen molar-refractivity contribution >= 4 is 21.8 Å². The monoisotopic (exact) mass is 490 g/mol. The second kappa shape index (κ2) is 10.8. The van der Waals surface area contributed by atoms with Crippen LogP contribution in [-0.2, 0) is 27.9 Å². The molecule has 0 amide bonds. The third-order valence-corrected chi connectivity index (χ3v) is 6.84. The molecule has 0 aliphatic rings. The van der Waals surface area contributed by atoms with Gasteiger partial charge in [0.1, 0.15) is 17.3 Å². The molecule has 4 rings (SSSR count). The molecule has 0 fully saturated rings. The predicted octanol–water partition coefficient (Wildman–Crippen LogP) is 2.82. The summed E-state index contributed by atoms with van der Waals surface area (Å²) in [7, 11) is -3.90. The standard InChI is InChI=1S/C24H22N6O4S/c31-24(32)15-26-23-5-1-3-21(29-23)17-30(35(33,34)22-4-2-11-25-14-22)16-18-6-8-19(9-7-18)20-10-12-27-28-13-20/h1-14H,15-17H2,(H,26,29)(H,31,32). The van der Waals surface area contributed by atoms with Crippen LogP contribution in [-0.4, -0.2) is 50.5 Å². The van der Waals surface area contributed by atoms with Gasteiger partial charge in [0.15, 0.2) is 0 Å². The number of anilines is 1. The number of carboxylic acids is 1. The van der Waals surface area contributed by atoms with E-state index in [2.05, 4.69) is 25.5 Å². The maximum absolute atomic E-state index is 13.5. The Morgan fingerprint density at radius 1 is 0.886 bits per heavy atom. The lowest BCUT2D eigenvalue weighted by Gasteiger charge is -2.22. The topological polar surface area (TPSA) is 138 Å². The quantitative estimate of drug-likeness (QED) is 0.343. The van der Waals surface area contributed by atoms with Crippen molar-refractivity contribution in [3.63, 3.8) is 0 Å². The van der Waals surface area contributed by atoms with Crippen molar-refractivity contribution < 1.29 is 18.3 Å². The number of rotatable bonds is 10. The molecule has 0 atom stereocenters. The Balaban J connectivity index is 1.61. The highest BCUT2D eigenvalue weighted by atomic mass is 32.2. The van der Waals surface area contributed by atoms with Gasteiger partial charge in [-0.15, -0.1) is 0 Å². The van der Waals surface area contributed by atoms with Crippen LogP contribution in [0.4, 0.5) is 5.82 Å². The highest BCUT2D eigenvalue weighted by Gasteiger charge is 2.26. The Morgan fingerprint density at radius 3 is 2.40 bits per heavy atom. The van der Waals surface area contributed by atoms with Crippen LogP contribution in [0.3, 0.4) is 0 Å². The van der Waals surface area contributed by atoms with Crippen LogP contribution < -0.4 is 5.32 Å². The molecule has 4 aromatic rings. The molecule has 2 N–H and O–H groups in total. The molecule has 0 spiro atoms. The van der Waals surface area contributed by atoms with Gasteiger partial charge in [0.2, 0.25) is 10.0 Å².